The van der Waals surface area contributed by atoms with Crippen LogP contribution < -0.4 is 10.6 Å². The van der Waals surface area contributed by atoms with Crippen LogP contribution in [0.4, 0.5) is 0 Å². The summed E-state index contributed by atoms with van der Waals surface area (Å²) >= 11 is 0. The van der Waals surface area contributed by atoms with Gasteiger partial charge in [0, 0.05) is 13.1 Å². The molecular formula is C12H25N3O. The number of carbonyl (C=O) groups is 1. The van der Waals surface area contributed by atoms with Gasteiger partial charge in [-0.3, -0.25) is 4.79 Å². The summed E-state index contributed by atoms with van der Waals surface area (Å²) in [5, 5.41) is 5.99. The molecule has 1 unspecified atom stereocenters. The molecule has 0 aromatic carbocycles. The molecule has 0 radical (unpaired) electrons. The van der Waals surface area contributed by atoms with Gasteiger partial charge in [-0.15, -0.1) is 0 Å². The third-order valence-corrected chi connectivity index (χ3v) is 2.92. The molecule has 0 aromatic rings. The fourth-order valence-electron chi connectivity index (χ4n) is 2.16. The Balaban J connectivity index is 2.01. The normalized spacial score (nSPS) is 18.6. The van der Waals surface area contributed by atoms with Crippen molar-refractivity contribution in [3.63, 3.8) is 0 Å². The summed E-state index contributed by atoms with van der Waals surface area (Å²) in [6, 6.07) is 0. The Labute approximate surface area is 98.8 Å². The first-order valence-electron chi connectivity index (χ1n) is 6.42. The maximum atomic E-state index is 11.2. The van der Waals surface area contributed by atoms with E-state index in [1.54, 1.807) is 0 Å². The zero-order valence-electron chi connectivity index (χ0n) is 10.6. The van der Waals surface area contributed by atoms with E-state index >= 15 is 0 Å². The summed E-state index contributed by atoms with van der Waals surface area (Å²) in [5.74, 6) is 0.711. The van der Waals surface area contributed by atoms with Crippen LogP contribution in [0.5, 0.6) is 0 Å². The highest BCUT2D eigenvalue weighted by Gasteiger charge is 2.14. The average Bonchev–Trinajstić information content (AvgIpc) is 2.70. The highest BCUT2D eigenvalue weighted by molar-refractivity contribution is 5.77. The highest BCUT2D eigenvalue weighted by atomic mass is 16.1. The van der Waals surface area contributed by atoms with Crippen LogP contribution in [0.25, 0.3) is 0 Å². The molecule has 16 heavy (non-hydrogen) atoms. The smallest absolute Gasteiger partial charge is 0.233 e. The number of nitrogens with one attached hydrogen (secondary N) is 2. The molecule has 1 fully saturated rings. The van der Waals surface area contributed by atoms with Gasteiger partial charge in [-0.2, -0.15) is 0 Å². The van der Waals surface area contributed by atoms with Gasteiger partial charge >= 0.3 is 0 Å². The van der Waals surface area contributed by atoms with Crippen molar-refractivity contribution in [2.75, 3.05) is 39.3 Å². The van der Waals surface area contributed by atoms with Crippen LogP contribution in [0.1, 0.15) is 26.7 Å². The molecule has 1 amide bonds. The van der Waals surface area contributed by atoms with E-state index in [0.29, 0.717) is 19.0 Å². The first-order valence-corrected chi connectivity index (χ1v) is 6.42. The zero-order chi connectivity index (χ0) is 11.8. The van der Waals surface area contributed by atoms with Gasteiger partial charge in [0.25, 0.3) is 0 Å². The molecule has 1 saturated heterocycles. The van der Waals surface area contributed by atoms with Crippen LogP contribution in [0.3, 0.4) is 0 Å². The van der Waals surface area contributed by atoms with Crippen molar-refractivity contribution in [2.24, 2.45) is 5.92 Å². The third-order valence-electron chi connectivity index (χ3n) is 2.92. The Hall–Kier alpha value is -0.610. The summed E-state index contributed by atoms with van der Waals surface area (Å²) in [6.07, 6.45) is 2.69. The minimum atomic E-state index is 0.0934. The molecule has 4 heteroatoms. The van der Waals surface area contributed by atoms with Gasteiger partial charge < -0.3 is 15.5 Å². The molecule has 94 valence electrons. The Kier molecular flexibility index (Phi) is 6.42. The second kappa shape index (κ2) is 7.63. The summed E-state index contributed by atoms with van der Waals surface area (Å²) < 4.78 is 0. The number of amides is 1. The van der Waals surface area contributed by atoms with Crippen molar-refractivity contribution < 1.29 is 4.79 Å². The Morgan fingerprint density at radius 1 is 1.38 bits per heavy atom. The van der Waals surface area contributed by atoms with Crippen molar-refractivity contribution in [3.8, 4) is 0 Å². The Morgan fingerprint density at radius 2 is 2.06 bits per heavy atom. The molecule has 1 atom stereocenters. The first-order chi connectivity index (χ1) is 7.72. The van der Waals surface area contributed by atoms with Crippen LogP contribution >= 0.6 is 0 Å². The average molecular weight is 227 g/mol. The summed E-state index contributed by atoms with van der Waals surface area (Å²) in [7, 11) is 0. The predicted octanol–water partition coefficient (Wildman–Crippen LogP) is 0.444. The fourth-order valence-corrected chi connectivity index (χ4v) is 2.16. The van der Waals surface area contributed by atoms with Gasteiger partial charge in [0.05, 0.1) is 6.54 Å². The molecule has 0 aromatic heterocycles. The molecule has 0 saturated carbocycles. The molecule has 4 nitrogen and oxygen atoms in total. The van der Waals surface area contributed by atoms with E-state index in [0.717, 1.165) is 13.1 Å². The lowest BCUT2D eigenvalue weighted by Crippen LogP contribution is -2.37. The van der Waals surface area contributed by atoms with E-state index in [-0.39, 0.29) is 5.91 Å². The maximum absolute atomic E-state index is 11.2. The summed E-state index contributed by atoms with van der Waals surface area (Å²) in [4.78, 5) is 13.7. The number of rotatable bonds is 7. The van der Waals surface area contributed by atoms with Gasteiger partial charge in [-0.05, 0) is 45.3 Å². The SMILES string of the molecule is CCNC(=O)CNCC(C)CN1CCCC1. The van der Waals surface area contributed by atoms with Gasteiger partial charge in [0.1, 0.15) is 0 Å². The maximum Gasteiger partial charge on any atom is 0.233 e. The molecule has 0 aliphatic carbocycles. The molecule has 1 aliphatic rings. The zero-order valence-corrected chi connectivity index (χ0v) is 10.6. The van der Waals surface area contributed by atoms with Crippen molar-refractivity contribution >= 4 is 5.91 Å². The number of hydrogen-bond acceptors (Lipinski definition) is 3. The number of likely N-dealkylation sites (N-methyl/N-ethyl adjacent to an activating group) is 1. The number of carbonyl (C=O) groups excluding carboxylic acids is 1. The number of likely N-dealkylation sites (tertiary alicyclic amines) is 1. The predicted molar refractivity (Wildman–Crippen MR) is 66.4 cm³/mol. The lowest BCUT2D eigenvalue weighted by molar-refractivity contribution is -0.120. The Morgan fingerprint density at radius 3 is 2.69 bits per heavy atom. The second-order valence-electron chi connectivity index (χ2n) is 4.70. The van der Waals surface area contributed by atoms with Gasteiger partial charge in [0.2, 0.25) is 5.91 Å². The van der Waals surface area contributed by atoms with Gasteiger partial charge in [-0.25, -0.2) is 0 Å². The Bertz CT molecular complexity index is 202. The van der Waals surface area contributed by atoms with E-state index in [1.165, 1.54) is 25.9 Å². The highest BCUT2D eigenvalue weighted by Crippen LogP contribution is 2.09. The fraction of sp³-hybridized carbons (Fsp3) is 0.917. The standard InChI is InChI=1S/C12H25N3O/c1-3-14-12(16)9-13-8-11(2)10-15-6-4-5-7-15/h11,13H,3-10H2,1-2H3,(H,14,16). The quantitative estimate of drug-likeness (QED) is 0.663. The monoisotopic (exact) mass is 227 g/mol. The van der Waals surface area contributed by atoms with Crippen LogP contribution in [0.15, 0.2) is 0 Å². The van der Waals surface area contributed by atoms with Crippen LogP contribution in [0.2, 0.25) is 0 Å². The van der Waals surface area contributed by atoms with Crippen LogP contribution in [-0.2, 0) is 4.79 Å². The first kappa shape index (κ1) is 13.5. The molecule has 1 heterocycles. The lowest BCUT2D eigenvalue weighted by atomic mass is 10.1. The topological polar surface area (TPSA) is 44.4 Å². The summed E-state index contributed by atoms with van der Waals surface area (Å²) in [5.41, 5.74) is 0. The van der Waals surface area contributed by atoms with Gasteiger partial charge in [0.15, 0.2) is 0 Å². The van der Waals surface area contributed by atoms with E-state index in [4.69, 9.17) is 0 Å². The third kappa shape index (κ3) is 5.47. The van der Waals surface area contributed by atoms with Gasteiger partial charge in [-0.1, -0.05) is 6.92 Å². The number of hydrogen-bond donors (Lipinski definition) is 2. The van der Waals surface area contributed by atoms with E-state index in [2.05, 4.69) is 22.5 Å². The largest absolute Gasteiger partial charge is 0.355 e. The van der Waals surface area contributed by atoms with E-state index < -0.39 is 0 Å². The number of nitrogens with zero attached hydrogens (tertiary/aromatic N) is 1. The summed E-state index contributed by atoms with van der Waals surface area (Å²) in [6.45, 7) is 9.91. The van der Waals surface area contributed by atoms with Crippen molar-refractivity contribution in [1.29, 1.82) is 0 Å². The van der Waals surface area contributed by atoms with Crippen molar-refractivity contribution in [1.82, 2.24) is 15.5 Å². The molecular weight excluding hydrogens is 202 g/mol. The lowest BCUT2D eigenvalue weighted by Gasteiger charge is -2.20. The van der Waals surface area contributed by atoms with Crippen LogP contribution in [-0.4, -0.2) is 50.1 Å². The van der Waals surface area contributed by atoms with Crippen molar-refractivity contribution in [3.05, 3.63) is 0 Å². The van der Waals surface area contributed by atoms with Crippen LogP contribution in [0, 0.1) is 5.92 Å². The molecule has 2 N–H and O–H groups in total. The molecule has 0 bridgehead atoms. The van der Waals surface area contributed by atoms with E-state index in [1.807, 2.05) is 6.92 Å². The molecule has 1 rings (SSSR count). The molecule has 1 aliphatic heterocycles. The minimum absolute atomic E-state index is 0.0934. The minimum Gasteiger partial charge on any atom is -0.355 e. The molecule has 0 spiro atoms. The van der Waals surface area contributed by atoms with Crippen molar-refractivity contribution in [2.45, 2.75) is 26.7 Å². The van der Waals surface area contributed by atoms with E-state index in [9.17, 15) is 4.79 Å². The second-order valence-corrected chi connectivity index (χ2v) is 4.70.